The third kappa shape index (κ3) is 4.88. The van der Waals surface area contributed by atoms with Crippen LogP contribution in [0.5, 0.6) is 11.6 Å². The molecule has 1 aliphatic rings. The number of nitrogens with zero attached hydrogens (tertiary/aromatic N) is 3. The molecule has 2 aromatic heterocycles. The third-order valence-electron chi connectivity index (χ3n) is 6.48. The minimum Gasteiger partial charge on any atom is -0.497 e. The number of H-pyrrole nitrogens is 1. The van der Waals surface area contributed by atoms with E-state index in [9.17, 15) is 18.3 Å². The predicted molar refractivity (Wildman–Crippen MR) is 140 cm³/mol. The van der Waals surface area contributed by atoms with Gasteiger partial charge < -0.3 is 25.0 Å². The molecule has 1 fully saturated rings. The average Bonchev–Trinajstić information content (AvgIpc) is 3.24. The Morgan fingerprint density at radius 1 is 1.05 bits per heavy atom. The number of carbonyl (C=O) groups excluding carboxylic acids is 1. The molecule has 0 bridgehead atoms. The van der Waals surface area contributed by atoms with E-state index >= 15 is 0 Å². The molecular weight excluding hydrogens is 494 g/mol. The lowest BCUT2D eigenvalue weighted by atomic mass is 10.1. The lowest BCUT2D eigenvalue weighted by Crippen LogP contribution is -2.47. The van der Waals surface area contributed by atoms with Gasteiger partial charge in [-0.05, 0) is 61.6 Å². The second kappa shape index (κ2) is 9.85. The molecule has 3 N–H and O–H groups in total. The van der Waals surface area contributed by atoms with Crippen molar-refractivity contribution in [3.63, 3.8) is 0 Å². The summed E-state index contributed by atoms with van der Waals surface area (Å²) in [6, 6.07) is 15.1. The number of benzene rings is 2. The molecule has 5 rings (SSSR count). The highest BCUT2D eigenvalue weighted by atomic mass is 32.2. The van der Waals surface area contributed by atoms with Gasteiger partial charge in [0.1, 0.15) is 10.6 Å². The molecule has 0 aliphatic carbocycles. The van der Waals surface area contributed by atoms with Gasteiger partial charge in [-0.3, -0.25) is 9.78 Å². The fourth-order valence-corrected chi connectivity index (χ4v) is 5.68. The number of anilines is 1. The van der Waals surface area contributed by atoms with E-state index < -0.39 is 10.0 Å². The molecule has 2 aromatic carbocycles. The van der Waals surface area contributed by atoms with Crippen LogP contribution in [0.2, 0.25) is 0 Å². The van der Waals surface area contributed by atoms with E-state index in [0.29, 0.717) is 65.3 Å². The molecule has 0 saturated carbocycles. The van der Waals surface area contributed by atoms with E-state index in [4.69, 9.17) is 4.74 Å². The maximum absolute atomic E-state index is 13.0. The number of piperazine rings is 1. The molecular formula is C26H27N5O5S. The van der Waals surface area contributed by atoms with E-state index in [1.165, 1.54) is 16.6 Å². The summed E-state index contributed by atoms with van der Waals surface area (Å²) in [5, 5.41) is 14.0. The van der Waals surface area contributed by atoms with Crippen molar-refractivity contribution in [1.29, 1.82) is 0 Å². The summed E-state index contributed by atoms with van der Waals surface area (Å²) < 4.78 is 32.7. The number of hydrogen-bond donors (Lipinski definition) is 3. The Balaban J connectivity index is 1.42. The van der Waals surface area contributed by atoms with Gasteiger partial charge in [0.05, 0.1) is 18.4 Å². The average molecular weight is 522 g/mol. The summed E-state index contributed by atoms with van der Waals surface area (Å²) in [7, 11) is -0.131. The predicted octanol–water partition coefficient (Wildman–Crippen LogP) is 3.13. The van der Waals surface area contributed by atoms with Gasteiger partial charge in [0.25, 0.3) is 5.91 Å². The second-order valence-corrected chi connectivity index (χ2v) is 10.8. The van der Waals surface area contributed by atoms with Gasteiger partial charge >= 0.3 is 0 Å². The summed E-state index contributed by atoms with van der Waals surface area (Å²) in [6.45, 7) is 2.18. The molecule has 1 amide bonds. The number of methoxy groups -OCH3 is 1. The van der Waals surface area contributed by atoms with Gasteiger partial charge in [-0.1, -0.05) is 0 Å². The summed E-state index contributed by atoms with van der Waals surface area (Å²) in [4.78, 5) is 22.3. The highest BCUT2D eigenvalue weighted by Gasteiger charge is 2.28. The van der Waals surface area contributed by atoms with E-state index in [0.717, 1.165) is 0 Å². The van der Waals surface area contributed by atoms with Crippen molar-refractivity contribution in [1.82, 2.24) is 19.2 Å². The lowest BCUT2D eigenvalue weighted by Gasteiger charge is -2.31. The van der Waals surface area contributed by atoms with Gasteiger partial charge in [0.15, 0.2) is 5.88 Å². The number of aromatic hydroxyl groups is 1. The Morgan fingerprint density at radius 3 is 2.43 bits per heavy atom. The van der Waals surface area contributed by atoms with Gasteiger partial charge in [-0.2, -0.15) is 4.31 Å². The van der Waals surface area contributed by atoms with E-state index in [1.54, 1.807) is 55.6 Å². The maximum atomic E-state index is 13.0. The quantitative estimate of drug-likeness (QED) is 0.356. The van der Waals surface area contributed by atoms with Crippen molar-refractivity contribution in [3.05, 3.63) is 66.4 Å². The number of rotatable bonds is 6. The second-order valence-electron chi connectivity index (χ2n) is 8.88. The van der Waals surface area contributed by atoms with Crippen LogP contribution in [0.3, 0.4) is 0 Å². The fourth-order valence-electron chi connectivity index (χ4n) is 4.31. The molecule has 0 unspecified atom stereocenters. The summed E-state index contributed by atoms with van der Waals surface area (Å²) in [6.07, 6.45) is 1.31. The molecule has 0 spiro atoms. The Kier molecular flexibility index (Phi) is 6.59. The number of likely N-dealkylation sites (N-methyl/N-ethyl adjacent to an activating group) is 1. The molecule has 0 atom stereocenters. The number of sulfonamides is 1. The first-order valence-corrected chi connectivity index (χ1v) is 13.2. The van der Waals surface area contributed by atoms with Crippen LogP contribution in [-0.4, -0.2) is 78.9 Å². The van der Waals surface area contributed by atoms with Crippen LogP contribution in [0.25, 0.3) is 22.2 Å². The van der Waals surface area contributed by atoms with Crippen LogP contribution in [0.1, 0.15) is 10.4 Å². The number of carbonyl (C=O) groups is 1. The van der Waals surface area contributed by atoms with Crippen molar-refractivity contribution < 1.29 is 23.1 Å². The minimum atomic E-state index is -3.66. The van der Waals surface area contributed by atoms with Crippen LogP contribution >= 0.6 is 0 Å². The molecule has 11 heteroatoms. The summed E-state index contributed by atoms with van der Waals surface area (Å²) >= 11 is 0. The van der Waals surface area contributed by atoms with Crippen molar-refractivity contribution in [2.75, 3.05) is 45.7 Å². The monoisotopic (exact) mass is 521 g/mol. The van der Waals surface area contributed by atoms with Crippen LogP contribution in [-0.2, 0) is 10.0 Å². The number of aromatic amines is 1. The first-order chi connectivity index (χ1) is 17.8. The number of pyridine rings is 1. The van der Waals surface area contributed by atoms with Crippen LogP contribution in [0.15, 0.2) is 65.7 Å². The topological polar surface area (TPSA) is 128 Å². The molecule has 10 nitrogen and oxygen atoms in total. The van der Waals surface area contributed by atoms with Gasteiger partial charge in [0.2, 0.25) is 10.0 Å². The maximum Gasteiger partial charge on any atom is 0.255 e. The number of ether oxygens (including phenoxy) is 1. The van der Waals surface area contributed by atoms with E-state index in [2.05, 4.69) is 20.2 Å². The zero-order valence-electron chi connectivity index (χ0n) is 20.4. The standard InChI is InChI=1S/C26H27N5O5S/c1-30-11-13-31(14-12-30)37(34,35)20-8-10-23(27-16-20)24-21-15-17(3-9-22(21)29-26(24)33)25(32)28-18-4-6-19(36-2)7-5-18/h3-10,15-16,29,33H,11-14H2,1-2H3,(H,28,32). The Hall–Kier alpha value is -3.93. The minimum absolute atomic E-state index is 0.0969. The van der Waals surface area contributed by atoms with Crippen molar-refractivity contribution >= 4 is 32.5 Å². The molecule has 4 aromatic rings. The lowest BCUT2D eigenvalue weighted by molar-refractivity contribution is 0.102. The highest BCUT2D eigenvalue weighted by molar-refractivity contribution is 7.89. The fraction of sp³-hybridized carbons (Fsp3) is 0.231. The van der Waals surface area contributed by atoms with Crippen LogP contribution in [0, 0.1) is 0 Å². The highest BCUT2D eigenvalue weighted by Crippen LogP contribution is 2.36. The van der Waals surface area contributed by atoms with Crippen molar-refractivity contribution in [3.8, 4) is 22.9 Å². The van der Waals surface area contributed by atoms with Gasteiger partial charge in [-0.15, -0.1) is 0 Å². The molecule has 192 valence electrons. The van der Waals surface area contributed by atoms with Crippen molar-refractivity contribution in [2.24, 2.45) is 0 Å². The van der Waals surface area contributed by atoms with Crippen molar-refractivity contribution in [2.45, 2.75) is 4.90 Å². The molecule has 1 aliphatic heterocycles. The molecule has 1 saturated heterocycles. The normalized spacial score (nSPS) is 15.1. The Labute approximate surface area is 214 Å². The smallest absolute Gasteiger partial charge is 0.255 e. The number of aromatic nitrogens is 2. The summed E-state index contributed by atoms with van der Waals surface area (Å²) in [5.74, 6) is 0.242. The number of amides is 1. The van der Waals surface area contributed by atoms with Gasteiger partial charge in [0, 0.05) is 54.5 Å². The molecule has 37 heavy (non-hydrogen) atoms. The number of nitrogens with one attached hydrogen (secondary N) is 2. The number of hydrogen-bond acceptors (Lipinski definition) is 7. The first kappa shape index (κ1) is 24.8. The van der Waals surface area contributed by atoms with Crippen LogP contribution in [0.4, 0.5) is 5.69 Å². The van der Waals surface area contributed by atoms with Crippen LogP contribution < -0.4 is 10.1 Å². The summed E-state index contributed by atoms with van der Waals surface area (Å²) in [5.41, 5.74) is 2.38. The van der Waals surface area contributed by atoms with Gasteiger partial charge in [-0.25, -0.2) is 8.42 Å². The molecule has 0 radical (unpaired) electrons. The molecule has 3 heterocycles. The largest absolute Gasteiger partial charge is 0.497 e. The zero-order chi connectivity index (χ0) is 26.2. The SMILES string of the molecule is COc1ccc(NC(=O)c2ccc3[nH]c(O)c(-c4ccc(S(=O)(=O)N5CCN(C)CC5)cn4)c3c2)cc1. The zero-order valence-corrected chi connectivity index (χ0v) is 21.2. The first-order valence-electron chi connectivity index (χ1n) is 11.7. The van der Waals surface area contributed by atoms with E-state index in [1.807, 2.05) is 7.05 Å². The Bertz CT molecular complexity index is 1540. The number of fused-ring (bicyclic) bond motifs is 1. The third-order valence-corrected chi connectivity index (χ3v) is 8.36. The Morgan fingerprint density at radius 2 is 1.78 bits per heavy atom. The van der Waals surface area contributed by atoms with E-state index in [-0.39, 0.29) is 16.7 Å².